The minimum Gasteiger partial charge on any atom is -0.494 e. The van der Waals surface area contributed by atoms with E-state index in [1.54, 1.807) is 12.1 Å². The zero-order valence-corrected chi connectivity index (χ0v) is 15.3. The van der Waals surface area contributed by atoms with Crippen molar-refractivity contribution in [2.75, 3.05) is 23.8 Å². The molecule has 0 aliphatic carbocycles. The molecular formula is C20H19N7O. The number of nitrogens with two attached hydrogens (primary N) is 3. The molecule has 2 aromatic carbocycles. The van der Waals surface area contributed by atoms with Gasteiger partial charge in [0.15, 0.2) is 5.82 Å². The molecule has 6 N–H and O–H groups in total. The Bertz CT molecular complexity index is 1220. The molecule has 2 heterocycles. The summed E-state index contributed by atoms with van der Waals surface area (Å²) in [5.74, 6) is 1.31. The van der Waals surface area contributed by atoms with Crippen LogP contribution in [0.1, 0.15) is 6.92 Å². The standard InChI is InChI=1S/C20H19N7O/c1-2-28-12-4-6-14-17(10-12)24-16-9-11(3-5-13(16)19(14)22)26-27-15-7-8-18(21)25-20(15)23/h3-10H,2H2,1H3,(H2,22,24)(H4,21,23,25). The van der Waals surface area contributed by atoms with E-state index in [1.165, 1.54) is 0 Å². The molecule has 0 spiro atoms. The van der Waals surface area contributed by atoms with E-state index in [4.69, 9.17) is 26.9 Å². The average molecular weight is 373 g/mol. The quantitative estimate of drug-likeness (QED) is 0.359. The van der Waals surface area contributed by atoms with Crippen LogP contribution in [0.4, 0.5) is 28.7 Å². The van der Waals surface area contributed by atoms with E-state index in [9.17, 15) is 0 Å². The first-order chi connectivity index (χ1) is 13.5. The van der Waals surface area contributed by atoms with Crippen molar-refractivity contribution in [2.45, 2.75) is 6.92 Å². The summed E-state index contributed by atoms with van der Waals surface area (Å²) in [6, 6.07) is 14.5. The number of hydrogen-bond acceptors (Lipinski definition) is 8. The Hall–Kier alpha value is -3.94. The van der Waals surface area contributed by atoms with Crippen molar-refractivity contribution in [1.82, 2.24) is 9.97 Å². The fourth-order valence-corrected chi connectivity index (χ4v) is 2.94. The highest BCUT2D eigenvalue weighted by Gasteiger charge is 2.09. The summed E-state index contributed by atoms with van der Waals surface area (Å²) >= 11 is 0. The van der Waals surface area contributed by atoms with Crippen molar-refractivity contribution in [3.05, 3.63) is 48.5 Å². The molecule has 0 saturated heterocycles. The van der Waals surface area contributed by atoms with Crippen LogP contribution in [0.5, 0.6) is 5.75 Å². The van der Waals surface area contributed by atoms with Crippen LogP contribution in [-0.2, 0) is 0 Å². The number of nitrogen functional groups attached to an aromatic ring is 3. The van der Waals surface area contributed by atoms with Gasteiger partial charge in [-0.25, -0.2) is 9.97 Å². The second-order valence-corrected chi connectivity index (χ2v) is 6.18. The van der Waals surface area contributed by atoms with Gasteiger partial charge in [0.1, 0.15) is 17.3 Å². The highest BCUT2D eigenvalue weighted by molar-refractivity contribution is 6.07. The highest BCUT2D eigenvalue weighted by Crippen LogP contribution is 2.33. The predicted octanol–water partition coefficient (Wildman–Crippen LogP) is 4.34. The Labute approximate surface area is 161 Å². The highest BCUT2D eigenvalue weighted by atomic mass is 16.5. The minimum atomic E-state index is 0.223. The molecule has 0 amide bonds. The zero-order chi connectivity index (χ0) is 19.7. The number of fused-ring (bicyclic) bond motifs is 2. The second kappa shape index (κ2) is 6.99. The van der Waals surface area contributed by atoms with E-state index in [-0.39, 0.29) is 5.82 Å². The van der Waals surface area contributed by atoms with E-state index < -0.39 is 0 Å². The zero-order valence-electron chi connectivity index (χ0n) is 15.3. The lowest BCUT2D eigenvalue weighted by molar-refractivity contribution is 0.340. The van der Waals surface area contributed by atoms with E-state index in [0.717, 1.165) is 27.6 Å². The summed E-state index contributed by atoms with van der Waals surface area (Å²) < 4.78 is 5.56. The lowest BCUT2D eigenvalue weighted by Gasteiger charge is -2.09. The van der Waals surface area contributed by atoms with Gasteiger partial charge in [0.2, 0.25) is 0 Å². The summed E-state index contributed by atoms with van der Waals surface area (Å²) in [4.78, 5) is 8.68. The fraction of sp³-hybridized carbons (Fsp3) is 0.100. The number of rotatable bonds is 4. The average Bonchev–Trinajstić information content (AvgIpc) is 2.67. The molecular weight excluding hydrogens is 354 g/mol. The molecule has 28 heavy (non-hydrogen) atoms. The van der Waals surface area contributed by atoms with Gasteiger partial charge in [0, 0.05) is 16.8 Å². The molecule has 0 fully saturated rings. The maximum Gasteiger partial charge on any atom is 0.153 e. The van der Waals surface area contributed by atoms with Gasteiger partial charge in [-0.1, -0.05) is 0 Å². The Balaban J connectivity index is 1.76. The van der Waals surface area contributed by atoms with Crippen LogP contribution in [0, 0.1) is 0 Å². The maximum absolute atomic E-state index is 6.36. The normalized spacial score (nSPS) is 11.5. The van der Waals surface area contributed by atoms with Crippen LogP contribution < -0.4 is 21.9 Å². The van der Waals surface area contributed by atoms with Gasteiger partial charge < -0.3 is 21.9 Å². The second-order valence-electron chi connectivity index (χ2n) is 6.18. The predicted molar refractivity (Wildman–Crippen MR) is 112 cm³/mol. The Morgan fingerprint density at radius 3 is 2.36 bits per heavy atom. The molecule has 8 heteroatoms. The van der Waals surface area contributed by atoms with Gasteiger partial charge in [-0.2, -0.15) is 5.11 Å². The van der Waals surface area contributed by atoms with Crippen LogP contribution in [0.3, 0.4) is 0 Å². The van der Waals surface area contributed by atoms with Crippen molar-refractivity contribution >= 4 is 50.5 Å². The summed E-state index contributed by atoms with van der Waals surface area (Å²) in [6.07, 6.45) is 0. The monoisotopic (exact) mass is 373 g/mol. The van der Waals surface area contributed by atoms with Crippen LogP contribution in [0.2, 0.25) is 0 Å². The van der Waals surface area contributed by atoms with E-state index >= 15 is 0 Å². The number of azo groups is 1. The van der Waals surface area contributed by atoms with Gasteiger partial charge >= 0.3 is 0 Å². The SMILES string of the molecule is CCOc1ccc2c(N)c3ccc(N=Nc4ccc(N)nc4N)cc3nc2c1. The number of hydrogen-bond donors (Lipinski definition) is 3. The molecule has 4 rings (SSSR count). The molecule has 0 aliphatic heterocycles. The summed E-state index contributed by atoms with van der Waals surface area (Å²) in [7, 11) is 0. The van der Waals surface area contributed by atoms with Gasteiger partial charge in [0.05, 0.1) is 29.0 Å². The van der Waals surface area contributed by atoms with Crippen molar-refractivity contribution in [2.24, 2.45) is 10.2 Å². The number of nitrogens with zero attached hydrogens (tertiary/aromatic N) is 4. The smallest absolute Gasteiger partial charge is 0.153 e. The Morgan fingerprint density at radius 2 is 1.61 bits per heavy atom. The van der Waals surface area contributed by atoms with Crippen LogP contribution in [-0.4, -0.2) is 16.6 Å². The van der Waals surface area contributed by atoms with Crippen molar-refractivity contribution in [3.63, 3.8) is 0 Å². The lowest BCUT2D eigenvalue weighted by Crippen LogP contribution is -1.95. The third kappa shape index (κ3) is 3.23. The van der Waals surface area contributed by atoms with Crippen LogP contribution >= 0.6 is 0 Å². The number of benzene rings is 2. The first-order valence-electron chi connectivity index (χ1n) is 8.74. The van der Waals surface area contributed by atoms with E-state index in [1.807, 2.05) is 43.3 Å². The third-order valence-corrected chi connectivity index (χ3v) is 4.28. The molecule has 0 unspecified atom stereocenters. The van der Waals surface area contributed by atoms with Gasteiger partial charge in [0.25, 0.3) is 0 Å². The summed E-state index contributed by atoms with van der Waals surface area (Å²) in [6.45, 7) is 2.52. The maximum atomic E-state index is 6.36. The van der Waals surface area contributed by atoms with Crippen LogP contribution in [0.25, 0.3) is 21.8 Å². The number of pyridine rings is 2. The van der Waals surface area contributed by atoms with E-state index in [2.05, 4.69) is 15.2 Å². The van der Waals surface area contributed by atoms with Crippen molar-refractivity contribution in [1.29, 1.82) is 0 Å². The molecule has 0 bridgehead atoms. The van der Waals surface area contributed by atoms with Gasteiger partial charge in [-0.3, -0.25) is 0 Å². The van der Waals surface area contributed by atoms with Crippen molar-refractivity contribution in [3.8, 4) is 5.75 Å². The molecule has 8 nitrogen and oxygen atoms in total. The molecule has 2 aromatic heterocycles. The molecule has 0 saturated carbocycles. The van der Waals surface area contributed by atoms with Crippen LogP contribution in [0.15, 0.2) is 58.8 Å². The third-order valence-electron chi connectivity index (χ3n) is 4.28. The Morgan fingerprint density at radius 1 is 0.857 bits per heavy atom. The molecule has 0 atom stereocenters. The first-order valence-corrected chi connectivity index (χ1v) is 8.74. The summed E-state index contributed by atoms with van der Waals surface area (Å²) in [5, 5.41) is 10.1. The number of anilines is 3. The fourth-order valence-electron chi connectivity index (χ4n) is 2.94. The largest absolute Gasteiger partial charge is 0.494 e. The molecule has 0 radical (unpaired) electrons. The van der Waals surface area contributed by atoms with Gasteiger partial charge in [-0.05, 0) is 49.4 Å². The number of aromatic nitrogens is 2. The summed E-state index contributed by atoms with van der Waals surface area (Å²) in [5.41, 5.74) is 21.0. The lowest BCUT2D eigenvalue weighted by atomic mass is 10.1. The van der Waals surface area contributed by atoms with Crippen molar-refractivity contribution < 1.29 is 4.74 Å². The molecule has 0 aliphatic rings. The van der Waals surface area contributed by atoms with E-state index in [0.29, 0.717) is 29.5 Å². The Kier molecular flexibility index (Phi) is 4.36. The van der Waals surface area contributed by atoms with Gasteiger partial charge in [-0.15, -0.1) is 5.11 Å². The topological polar surface area (TPSA) is 138 Å². The first kappa shape index (κ1) is 17.5. The minimum absolute atomic E-state index is 0.223. The molecule has 4 aromatic rings. The number of ether oxygens (including phenoxy) is 1. The molecule has 140 valence electrons.